The maximum Gasteiger partial charge on any atom is 0.417 e. The van der Waals surface area contributed by atoms with E-state index >= 15 is 0 Å². The number of carbonyl (C=O) groups excluding carboxylic acids is 1. The maximum absolute atomic E-state index is 13.4. The van der Waals surface area contributed by atoms with Crippen LogP contribution in [0.3, 0.4) is 0 Å². The Morgan fingerprint density at radius 3 is 2.31 bits per heavy atom. The third-order valence-corrected chi connectivity index (χ3v) is 4.20. The number of carboxylic acids is 1. The van der Waals surface area contributed by atoms with Crippen LogP contribution in [0, 0.1) is 0 Å². The van der Waals surface area contributed by atoms with Crippen molar-refractivity contribution < 1.29 is 32.6 Å². The van der Waals surface area contributed by atoms with Gasteiger partial charge in [-0.1, -0.05) is 23.7 Å². The highest BCUT2D eigenvalue weighted by Gasteiger charge is 2.36. The normalized spacial score (nSPS) is 16.4. The van der Waals surface area contributed by atoms with Crippen LogP contribution < -0.4 is 0 Å². The van der Waals surface area contributed by atoms with Crippen LogP contribution in [0.15, 0.2) is 30.3 Å². The highest BCUT2D eigenvalue weighted by molar-refractivity contribution is 6.30. The predicted octanol–water partition coefficient (Wildman–Crippen LogP) is 3.38. The van der Waals surface area contributed by atoms with Crippen molar-refractivity contribution in [3.05, 3.63) is 40.9 Å². The summed E-state index contributed by atoms with van der Waals surface area (Å²) in [6, 6.07) is 4.40. The second-order valence-electron chi connectivity index (χ2n) is 5.77. The summed E-state index contributed by atoms with van der Waals surface area (Å²) in [7, 11) is 0. The number of hydrogen-bond donors (Lipinski definition) is 1. The highest BCUT2D eigenvalue weighted by atomic mass is 35.5. The molecule has 26 heavy (non-hydrogen) atoms. The van der Waals surface area contributed by atoms with Crippen molar-refractivity contribution in [3.63, 3.8) is 0 Å². The Balaban J connectivity index is 2.36. The third-order valence-electron chi connectivity index (χ3n) is 3.95. The number of allylic oxidation sites excluding steroid dienone is 1. The van der Waals surface area contributed by atoms with Crippen LogP contribution in [0.5, 0.6) is 0 Å². The smallest absolute Gasteiger partial charge is 0.417 e. The second-order valence-corrected chi connectivity index (χ2v) is 6.20. The van der Waals surface area contributed by atoms with E-state index in [1.807, 2.05) is 0 Å². The Bertz CT molecular complexity index is 682. The molecule has 0 atom stereocenters. The molecular formula is C17H17ClF3NO4. The number of hydrogen-bond acceptors (Lipinski definition) is 3. The van der Waals surface area contributed by atoms with Gasteiger partial charge < -0.3 is 14.7 Å². The summed E-state index contributed by atoms with van der Waals surface area (Å²) in [4.78, 5) is 24.5. The minimum atomic E-state index is -4.78. The Morgan fingerprint density at radius 2 is 1.81 bits per heavy atom. The number of rotatable bonds is 5. The first kappa shape index (κ1) is 20.3. The first-order chi connectivity index (χ1) is 12.2. The molecular weight excluding hydrogens is 375 g/mol. The molecule has 5 nitrogen and oxygen atoms in total. The SMILES string of the molecule is O=C(O)CN(C(=O)C=C(c1ccc(Cl)cc1)C(F)(F)F)C1CCOCC1. The number of carbonyl (C=O) groups is 2. The van der Waals surface area contributed by atoms with Gasteiger partial charge in [-0.3, -0.25) is 9.59 Å². The van der Waals surface area contributed by atoms with Gasteiger partial charge in [-0.15, -0.1) is 0 Å². The molecule has 1 N–H and O–H groups in total. The lowest BCUT2D eigenvalue weighted by molar-refractivity contribution is -0.145. The molecule has 1 amide bonds. The van der Waals surface area contributed by atoms with Gasteiger partial charge in [0, 0.05) is 30.4 Å². The first-order valence-electron chi connectivity index (χ1n) is 7.83. The molecule has 0 unspecified atom stereocenters. The Kier molecular flexibility index (Phi) is 6.66. The summed E-state index contributed by atoms with van der Waals surface area (Å²) < 4.78 is 45.4. The highest BCUT2D eigenvalue weighted by Crippen LogP contribution is 2.34. The standard InChI is InChI=1S/C17H17ClF3NO4/c18-12-3-1-11(2-4-12)14(17(19,20)21)9-15(23)22(10-16(24)25)13-5-7-26-8-6-13/h1-4,9,13H,5-8,10H2,(H,24,25). The largest absolute Gasteiger partial charge is 0.480 e. The Labute approximate surface area is 153 Å². The van der Waals surface area contributed by atoms with Gasteiger partial charge in [0.15, 0.2) is 0 Å². The van der Waals surface area contributed by atoms with Crippen LogP contribution in [0.25, 0.3) is 5.57 Å². The lowest BCUT2D eigenvalue weighted by Gasteiger charge is -2.32. The van der Waals surface area contributed by atoms with Gasteiger partial charge in [0.1, 0.15) is 6.54 Å². The third kappa shape index (κ3) is 5.47. The molecule has 0 aliphatic carbocycles. The van der Waals surface area contributed by atoms with Gasteiger partial charge in [-0.2, -0.15) is 13.2 Å². The van der Waals surface area contributed by atoms with Gasteiger partial charge in [0.2, 0.25) is 5.91 Å². The fourth-order valence-corrected chi connectivity index (χ4v) is 2.82. The van der Waals surface area contributed by atoms with Gasteiger partial charge in [0.25, 0.3) is 0 Å². The summed E-state index contributed by atoms with van der Waals surface area (Å²) in [5.74, 6) is -2.29. The summed E-state index contributed by atoms with van der Waals surface area (Å²) in [6.45, 7) is -0.0338. The van der Waals surface area contributed by atoms with Crippen LogP contribution >= 0.6 is 11.6 Å². The maximum atomic E-state index is 13.4. The number of alkyl halides is 3. The molecule has 9 heteroatoms. The van der Waals surface area contributed by atoms with Gasteiger partial charge in [-0.05, 0) is 30.5 Å². The van der Waals surface area contributed by atoms with Crippen molar-refractivity contribution in [2.75, 3.05) is 19.8 Å². The van der Waals surface area contributed by atoms with E-state index in [0.717, 1.165) is 17.0 Å². The second kappa shape index (κ2) is 8.55. The van der Waals surface area contributed by atoms with Crippen LogP contribution in [0.2, 0.25) is 5.02 Å². The number of aliphatic carboxylic acids is 1. The average Bonchev–Trinajstić information content (AvgIpc) is 2.58. The number of nitrogens with zero attached hydrogens (tertiary/aromatic N) is 1. The molecule has 1 fully saturated rings. The van der Waals surface area contributed by atoms with Crippen LogP contribution in [-0.4, -0.2) is 53.9 Å². The van der Waals surface area contributed by atoms with E-state index in [-0.39, 0.29) is 10.6 Å². The lowest BCUT2D eigenvalue weighted by Crippen LogP contribution is -2.45. The lowest BCUT2D eigenvalue weighted by atomic mass is 10.0. The van der Waals surface area contributed by atoms with Crippen molar-refractivity contribution in [2.45, 2.75) is 25.1 Å². The molecule has 0 spiro atoms. The molecule has 0 radical (unpaired) electrons. The zero-order valence-electron chi connectivity index (χ0n) is 13.6. The van der Waals surface area contributed by atoms with Crippen LogP contribution in [0.1, 0.15) is 18.4 Å². The molecule has 0 bridgehead atoms. The topological polar surface area (TPSA) is 66.8 Å². The van der Waals surface area contributed by atoms with Gasteiger partial charge in [-0.25, -0.2) is 0 Å². The first-order valence-corrected chi connectivity index (χ1v) is 8.21. The Hall–Kier alpha value is -2.06. The van der Waals surface area contributed by atoms with E-state index in [1.165, 1.54) is 12.1 Å². The van der Waals surface area contributed by atoms with Gasteiger partial charge in [0.05, 0.1) is 5.57 Å². The fourth-order valence-electron chi connectivity index (χ4n) is 2.69. The molecule has 0 aromatic heterocycles. The molecule has 0 saturated carbocycles. The van der Waals surface area contributed by atoms with Crippen molar-refractivity contribution in [3.8, 4) is 0 Å². The van der Waals surface area contributed by atoms with Crippen LogP contribution in [0.4, 0.5) is 13.2 Å². The number of ether oxygens (including phenoxy) is 1. The number of amides is 1. The predicted molar refractivity (Wildman–Crippen MR) is 88.7 cm³/mol. The minimum Gasteiger partial charge on any atom is -0.480 e. The Morgan fingerprint density at radius 1 is 1.23 bits per heavy atom. The molecule has 1 saturated heterocycles. The van der Waals surface area contributed by atoms with Crippen LogP contribution in [-0.2, 0) is 14.3 Å². The molecule has 1 aromatic rings. The van der Waals surface area contributed by atoms with E-state index in [9.17, 15) is 22.8 Å². The van der Waals surface area contributed by atoms with Crippen molar-refractivity contribution in [1.29, 1.82) is 0 Å². The zero-order valence-corrected chi connectivity index (χ0v) is 14.4. The number of halogens is 4. The number of carboxylic acid groups (broad SMARTS) is 1. The van der Waals surface area contributed by atoms with Crippen molar-refractivity contribution in [1.82, 2.24) is 4.90 Å². The fraction of sp³-hybridized carbons (Fsp3) is 0.412. The van der Waals surface area contributed by atoms with E-state index < -0.39 is 36.2 Å². The molecule has 1 aliphatic heterocycles. The van der Waals surface area contributed by atoms with E-state index in [2.05, 4.69) is 0 Å². The average molecular weight is 392 g/mol. The quantitative estimate of drug-likeness (QED) is 0.781. The van der Waals surface area contributed by atoms with E-state index in [1.54, 1.807) is 0 Å². The van der Waals surface area contributed by atoms with Crippen molar-refractivity contribution in [2.24, 2.45) is 0 Å². The van der Waals surface area contributed by atoms with Gasteiger partial charge >= 0.3 is 12.1 Å². The molecule has 142 valence electrons. The van der Waals surface area contributed by atoms with Crippen molar-refractivity contribution >= 4 is 29.1 Å². The summed E-state index contributed by atoms with van der Waals surface area (Å²) in [5, 5.41) is 9.28. The minimum absolute atomic E-state index is 0.225. The summed E-state index contributed by atoms with van der Waals surface area (Å²) in [5.41, 5.74) is -1.38. The van der Waals surface area contributed by atoms with E-state index in [0.29, 0.717) is 32.1 Å². The van der Waals surface area contributed by atoms with E-state index in [4.69, 9.17) is 21.4 Å². The molecule has 2 rings (SSSR count). The molecule has 1 aliphatic rings. The monoisotopic (exact) mass is 391 g/mol. The summed E-state index contributed by atoms with van der Waals surface area (Å²) >= 11 is 5.69. The molecule has 1 heterocycles. The zero-order chi connectivity index (χ0) is 19.3. The molecule has 1 aromatic carbocycles. The number of benzene rings is 1. The summed E-state index contributed by atoms with van der Waals surface area (Å²) in [6.07, 6.45) is -3.60.